The number of rotatable bonds is 5. The Bertz CT molecular complexity index is 946. The number of hydrogen-bond acceptors (Lipinski definition) is 6. The Kier molecular flexibility index (Phi) is 10.8. The van der Waals surface area contributed by atoms with E-state index in [4.69, 9.17) is 14.6 Å². The number of imidazole rings is 1. The molecule has 0 unspecified atom stereocenters. The minimum absolute atomic E-state index is 0. The van der Waals surface area contributed by atoms with Gasteiger partial charge in [-0.15, -0.1) is 0 Å². The molecule has 0 aliphatic carbocycles. The molecule has 0 aliphatic heterocycles. The van der Waals surface area contributed by atoms with Gasteiger partial charge < -0.3 is 24.5 Å². The molecule has 7 nitrogen and oxygen atoms in total. The van der Waals surface area contributed by atoms with Crippen LogP contribution in [0.25, 0.3) is 11.0 Å². The summed E-state index contributed by atoms with van der Waals surface area (Å²) in [7, 11) is 1.83. The summed E-state index contributed by atoms with van der Waals surface area (Å²) in [6.07, 6.45) is 1.73. The largest absolute Gasteiger partial charge is 1.00 e. The second-order valence-electron chi connectivity index (χ2n) is 5.71. The first-order chi connectivity index (χ1) is 12.9. The normalized spacial score (nSPS) is 11.2. The van der Waals surface area contributed by atoms with Crippen LogP contribution >= 0.6 is 0 Å². The Labute approximate surface area is 210 Å². The summed E-state index contributed by atoms with van der Waals surface area (Å²) in [6, 6.07) is 5.39. The third-order valence-corrected chi connectivity index (χ3v) is 4.96. The van der Waals surface area contributed by atoms with E-state index < -0.39 is 10.8 Å². The molecule has 28 heavy (non-hydrogen) atoms. The van der Waals surface area contributed by atoms with Crippen LogP contribution in [0.3, 0.4) is 0 Å². The quantitative estimate of drug-likeness (QED) is 0.548. The van der Waals surface area contributed by atoms with E-state index in [1.165, 1.54) is 0 Å². The molecule has 0 saturated carbocycles. The van der Waals surface area contributed by atoms with Crippen molar-refractivity contribution >= 4 is 21.8 Å². The zero-order valence-corrected chi connectivity index (χ0v) is 21.1. The van der Waals surface area contributed by atoms with Gasteiger partial charge in [-0.1, -0.05) is 6.07 Å². The van der Waals surface area contributed by atoms with E-state index in [1.807, 2.05) is 13.8 Å². The molecule has 146 valence electrons. The number of fused-ring (bicyclic) bond motifs is 1. The minimum atomic E-state index is -1.38. The summed E-state index contributed by atoms with van der Waals surface area (Å²) < 4.78 is 23.2. The number of aliphatic hydroxyl groups excluding tert-OH is 1. The van der Waals surface area contributed by atoms with Crippen LogP contribution in [-0.2, 0) is 16.6 Å². The van der Waals surface area contributed by atoms with Gasteiger partial charge in [0, 0.05) is 29.1 Å². The number of aliphatic hydroxyl groups is 1. The molecule has 0 spiro atoms. The number of nitrogens with zero attached hydrogens (tertiary/aromatic N) is 3. The fraction of sp³-hybridized carbons (Fsp3) is 0.368. The monoisotopic (exact) mass is 429 g/mol. The van der Waals surface area contributed by atoms with Crippen molar-refractivity contribution < 1.29 is 70.2 Å². The Morgan fingerprint density at radius 3 is 2.50 bits per heavy atom. The Hall–Kier alpha value is -0.814. The van der Waals surface area contributed by atoms with Crippen LogP contribution in [0.5, 0.6) is 11.5 Å². The minimum Gasteiger partial charge on any atom is -0.497 e. The molecule has 0 saturated heterocycles. The van der Waals surface area contributed by atoms with Gasteiger partial charge in [0.1, 0.15) is 11.5 Å². The van der Waals surface area contributed by atoms with Crippen molar-refractivity contribution in [1.29, 1.82) is 0 Å². The van der Waals surface area contributed by atoms with E-state index in [9.17, 15) is 4.21 Å². The molecule has 1 N–H and O–H groups in total. The molecular formula is C19H24KN3O4S. The second kappa shape index (κ2) is 12.0. The van der Waals surface area contributed by atoms with E-state index in [0.29, 0.717) is 21.9 Å². The predicted molar refractivity (Wildman–Crippen MR) is 105 cm³/mol. The van der Waals surface area contributed by atoms with Crippen LogP contribution in [0.1, 0.15) is 23.7 Å². The maximum absolute atomic E-state index is 12.6. The summed E-state index contributed by atoms with van der Waals surface area (Å²) in [5, 5.41) is 7.87. The molecule has 2 aromatic heterocycles. The van der Waals surface area contributed by atoms with Crippen LogP contribution in [0.2, 0.25) is 0 Å². The smallest absolute Gasteiger partial charge is 0.497 e. The fourth-order valence-electron chi connectivity index (χ4n) is 2.55. The van der Waals surface area contributed by atoms with Crippen LogP contribution in [0.4, 0.5) is 0 Å². The van der Waals surface area contributed by atoms with Gasteiger partial charge in [0.25, 0.3) is 0 Å². The number of aryl methyl sites for hydroxylation is 1. The van der Waals surface area contributed by atoms with E-state index >= 15 is 0 Å². The summed E-state index contributed by atoms with van der Waals surface area (Å²) in [5.41, 5.74) is 3.94. The molecule has 3 aromatic rings. The topological polar surface area (TPSA) is 95.6 Å². The zero-order valence-electron chi connectivity index (χ0n) is 17.1. The maximum atomic E-state index is 12.6. The summed E-state index contributed by atoms with van der Waals surface area (Å²) in [5.74, 6) is 1.71. The SMILES string of the molecule is CCO.COc1ccc2[n-]c([S@@](=O)Cc3ncc(C)c(OC)c3C)nc2c1.[K+]. The maximum Gasteiger partial charge on any atom is 1.00 e. The van der Waals surface area contributed by atoms with Gasteiger partial charge in [-0.25, -0.2) is 0 Å². The van der Waals surface area contributed by atoms with Crippen molar-refractivity contribution in [2.75, 3.05) is 20.8 Å². The van der Waals surface area contributed by atoms with Gasteiger partial charge in [0.05, 0.1) is 36.5 Å². The van der Waals surface area contributed by atoms with Crippen molar-refractivity contribution in [2.24, 2.45) is 0 Å². The van der Waals surface area contributed by atoms with Gasteiger partial charge in [-0.05, 0) is 43.9 Å². The predicted octanol–water partition coefficient (Wildman–Crippen LogP) is -0.469. The number of aromatic nitrogens is 3. The van der Waals surface area contributed by atoms with Gasteiger partial charge in [0.15, 0.2) is 0 Å². The van der Waals surface area contributed by atoms with Crippen LogP contribution in [0, 0.1) is 13.8 Å². The Morgan fingerprint density at radius 2 is 1.89 bits per heavy atom. The van der Waals surface area contributed by atoms with E-state index in [2.05, 4.69) is 15.0 Å². The number of benzene rings is 1. The van der Waals surface area contributed by atoms with E-state index in [0.717, 1.165) is 22.6 Å². The molecular weight excluding hydrogens is 405 g/mol. The molecule has 1 aromatic carbocycles. The molecule has 0 fully saturated rings. The van der Waals surface area contributed by atoms with Crippen molar-refractivity contribution in [2.45, 2.75) is 31.7 Å². The standard InChI is InChI=1S/C17H18N3O3S.C2H6O.K/c1-10-8-18-15(11(2)16(10)23-4)9-24(21)17-19-13-6-5-12(22-3)7-14(13)20-17;1-2-3;/h5-8H,9H2,1-4H3;3H,2H2,1H3;/q-1;;+1/t24-;;/m0../s1. The van der Waals surface area contributed by atoms with Crippen LogP contribution in [-0.4, -0.2) is 40.1 Å². The van der Waals surface area contributed by atoms with E-state index in [1.54, 1.807) is 45.5 Å². The van der Waals surface area contributed by atoms with Gasteiger partial charge >= 0.3 is 51.4 Å². The first-order valence-corrected chi connectivity index (χ1v) is 9.73. The second-order valence-corrected chi connectivity index (χ2v) is 7.06. The molecule has 3 rings (SSSR count). The molecule has 0 amide bonds. The average Bonchev–Trinajstić information content (AvgIpc) is 3.08. The molecule has 0 aliphatic rings. The van der Waals surface area contributed by atoms with Gasteiger partial charge in [-0.3, -0.25) is 9.19 Å². The summed E-state index contributed by atoms with van der Waals surface area (Å²) >= 11 is 0. The zero-order chi connectivity index (χ0) is 20.0. The van der Waals surface area contributed by atoms with Gasteiger partial charge in [-0.2, -0.15) is 0 Å². The molecule has 0 bridgehead atoms. The fourth-order valence-corrected chi connectivity index (χ4v) is 3.62. The first-order valence-electron chi connectivity index (χ1n) is 8.41. The average molecular weight is 430 g/mol. The summed E-state index contributed by atoms with van der Waals surface area (Å²) in [4.78, 5) is 13.1. The summed E-state index contributed by atoms with van der Waals surface area (Å²) in [6.45, 7) is 5.78. The van der Waals surface area contributed by atoms with Crippen molar-refractivity contribution in [3.63, 3.8) is 0 Å². The van der Waals surface area contributed by atoms with Crippen molar-refractivity contribution in [3.05, 3.63) is 41.2 Å². The van der Waals surface area contributed by atoms with E-state index in [-0.39, 0.29) is 63.7 Å². The van der Waals surface area contributed by atoms with Crippen molar-refractivity contribution in [1.82, 2.24) is 15.0 Å². The van der Waals surface area contributed by atoms with Crippen LogP contribution < -0.4 is 65.8 Å². The molecule has 2 heterocycles. The molecule has 0 radical (unpaired) electrons. The molecule has 1 atom stereocenters. The Balaban J connectivity index is 0.000000921. The number of ether oxygens (including phenoxy) is 2. The number of pyridine rings is 1. The third-order valence-electron chi connectivity index (χ3n) is 3.84. The van der Waals surface area contributed by atoms with Crippen LogP contribution in [0.15, 0.2) is 29.6 Å². The third kappa shape index (κ3) is 6.09. The molecule has 9 heteroatoms. The number of methoxy groups -OCH3 is 2. The van der Waals surface area contributed by atoms with Gasteiger partial charge in [0.2, 0.25) is 0 Å². The first kappa shape index (κ1) is 25.2. The Morgan fingerprint density at radius 1 is 1.21 bits per heavy atom. The number of hydrogen-bond donors (Lipinski definition) is 1. The van der Waals surface area contributed by atoms with Crippen molar-refractivity contribution in [3.8, 4) is 11.5 Å².